The fraction of sp³-hybridized carbons (Fsp3) is 0.0800. The van der Waals surface area contributed by atoms with Gasteiger partial charge in [-0.25, -0.2) is 0 Å². The average molecular weight is 494 g/mol. The number of carbonyl (C=O) groups excluding carboxylic acids is 1. The summed E-state index contributed by atoms with van der Waals surface area (Å²) in [5, 5.41) is 10.2. The number of anilines is 1. The summed E-state index contributed by atoms with van der Waals surface area (Å²) in [7, 11) is 1.74. The summed E-state index contributed by atoms with van der Waals surface area (Å²) in [6, 6.07) is 21.8. The highest BCUT2D eigenvalue weighted by Crippen LogP contribution is 2.36. The first-order chi connectivity index (χ1) is 15.9. The van der Waals surface area contributed by atoms with Gasteiger partial charge in [0.05, 0.1) is 27.4 Å². The zero-order valence-corrected chi connectivity index (χ0v) is 19.8. The molecule has 1 amide bonds. The average Bonchev–Trinajstić information content (AvgIpc) is 3.02. The Labute approximate surface area is 207 Å². The maximum Gasteiger partial charge on any atom is 0.281 e. The summed E-state index contributed by atoms with van der Waals surface area (Å²) in [6.07, 6.45) is 1.68. The second-order valence-electron chi connectivity index (χ2n) is 7.22. The van der Waals surface area contributed by atoms with Crippen molar-refractivity contribution in [2.24, 2.45) is 0 Å². The second kappa shape index (κ2) is 9.63. The number of para-hydroxylation sites is 1. The highest BCUT2D eigenvalue weighted by atomic mass is 35.5. The normalized spacial score (nSPS) is 14.7. The van der Waals surface area contributed by atoms with Gasteiger partial charge in [-0.1, -0.05) is 59.6 Å². The molecule has 0 atom stereocenters. The van der Waals surface area contributed by atoms with Crippen LogP contribution in [-0.4, -0.2) is 23.0 Å². The van der Waals surface area contributed by atoms with E-state index in [0.717, 1.165) is 5.56 Å². The molecule has 0 spiro atoms. The third-order valence-corrected chi connectivity index (χ3v) is 6.13. The van der Waals surface area contributed by atoms with Crippen molar-refractivity contribution in [1.29, 1.82) is 5.26 Å². The highest BCUT2D eigenvalue weighted by molar-refractivity contribution is 7.80. The van der Waals surface area contributed by atoms with Crippen LogP contribution in [0.1, 0.15) is 16.7 Å². The van der Waals surface area contributed by atoms with Crippen molar-refractivity contribution in [3.63, 3.8) is 0 Å². The fourth-order valence-corrected chi connectivity index (χ4v) is 4.32. The van der Waals surface area contributed by atoms with Gasteiger partial charge in [-0.05, 0) is 54.2 Å². The molecule has 0 saturated carbocycles. The first-order valence-corrected chi connectivity index (χ1v) is 11.1. The lowest BCUT2D eigenvalue weighted by molar-refractivity contribution is -0.114. The molecule has 1 saturated heterocycles. The quantitative estimate of drug-likeness (QED) is 0.319. The predicted octanol–water partition coefficient (Wildman–Crippen LogP) is 6.05. The number of likely N-dealkylation sites (N-methyl/N-ethyl adjacent to an activating group) is 1. The third kappa shape index (κ3) is 4.57. The molecule has 5 nitrogen and oxygen atoms in total. The Morgan fingerprint density at radius 3 is 2.36 bits per heavy atom. The van der Waals surface area contributed by atoms with E-state index < -0.39 is 0 Å². The zero-order chi connectivity index (χ0) is 23.5. The number of carbonyl (C=O) groups is 1. The topological polar surface area (TPSA) is 56.6 Å². The van der Waals surface area contributed by atoms with Crippen LogP contribution in [-0.2, 0) is 11.4 Å². The van der Waals surface area contributed by atoms with Crippen LogP contribution in [0, 0.1) is 11.3 Å². The number of hydrogen-bond acceptors (Lipinski definition) is 4. The van der Waals surface area contributed by atoms with E-state index in [4.69, 9.17) is 40.2 Å². The minimum Gasteiger partial charge on any atom is -0.486 e. The molecule has 3 aromatic carbocycles. The molecular formula is C25H17Cl2N3O2S. The molecular weight excluding hydrogens is 477 g/mol. The zero-order valence-electron chi connectivity index (χ0n) is 17.5. The number of nitriles is 1. The van der Waals surface area contributed by atoms with Crippen LogP contribution >= 0.6 is 35.4 Å². The number of nitrogens with zero attached hydrogens (tertiary/aromatic N) is 3. The fourth-order valence-electron chi connectivity index (χ4n) is 3.42. The highest BCUT2D eigenvalue weighted by Gasteiger charge is 2.36. The Bertz CT molecular complexity index is 1300. The van der Waals surface area contributed by atoms with Gasteiger partial charge in [0.2, 0.25) is 0 Å². The molecule has 0 unspecified atom stereocenters. The van der Waals surface area contributed by atoms with Gasteiger partial charge in [0.15, 0.2) is 10.9 Å². The second-order valence-corrected chi connectivity index (χ2v) is 8.40. The molecule has 0 aromatic heterocycles. The minimum atomic E-state index is -0.241. The summed E-state index contributed by atoms with van der Waals surface area (Å²) >= 11 is 18.4. The predicted molar refractivity (Wildman–Crippen MR) is 134 cm³/mol. The molecule has 164 valence electrons. The van der Waals surface area contributed by atoms with E-state index in [1.54, 1.807) is 42.3 Å². The number of hydrogen-bond donors (Lipinski definition) is 0. The van der Waals surface area contributed by atoms with Gasteiger partial charge in [0.1, 0.15) is 12.3 Å². The lowest BCUT2D eigenvalue weighted by Gasteiger charge is -2.16. The number of thiocarbonyl (C=S) groups is 1. The molecule has 0 radical (unpaired) electrons. The lowest BCUT2D eigenvalue weighted by Crippen LogP contribution is -2.30. The molecule has 1 fully saturated rings. The Hall–Kier alpha value is -3.37. The van der Waals surface area contributed by atoms with E-state index in [-0.39, 0.29) is 12.5 Å². The van der Waals surface area contributed by atoms with E-state index in [9.17, 15) is 10.1 Å². The van der Waals surface area contributed by atoms with Crippen molar-refractivity contribution in [3.05, 3.63) is 99.2 Å². The minimum absolute atomic E-state index is 0.144. The van der Waals surface area contributed by atoms with Crippen LogP contribution in [0.25, 0.3) is 6.08 Å². The molecule has 0 aliphatic carbocycles. The van der Waals surface area contributed by atoms with Crippen molar-refractivity contribution in [2.45, 2.75) is 6.61 Å². The molecule has 3 aromatic rings. The number of rotatable bonds is 5. The van der Waals surface area contributed by atoms with Crippen molar-refractivity contribution < 1.29 is 9.53 Å². The van der Waals surface area contributed by atoms with Crippen LogP contribution < -0.4 is 9.64 Å². The van der Waals surface area contributed by atoms with Crippen LogP contribution in [0.2, 0.25) is 10.0 Å². The molecule has 0 bridgehead atoms. The van der Waals surface area contributed by atoms with Gasteiger partial charge in [0, 0.05) is 12.6 Å². The Balaban J connectivity index is 1.60. The molecule has 1 aliphatic rings. The number of ether oxygens (including phenoxy) is 1. The summed E-state index contributed by atoms with van der Waals surface area (Å²) in [5.74, 6) is 0.0649. The Morgan fingerprint density at radius 1 is 1.06 bits per heavy atom. The summed E-state index contributed by atoms with van der Waals surface area (Å²) < 4.78 is 5.81. The van der Waals surface area contributed by atoms with Crippen LogP contribution in [0.4, 0.5) is 5.69 Å². The maximum atomic E-state index is 13.1. The molecule has 8 heteroatoms. The number of halogens is 2. The van der Waals surface area contributed by atoms with Crippen molar-refractivity contribution >= 4 is 58.2 Å². The molecule has 4 rings (SSSR count). The first kappa shape index (κ1) is 22.8. The standard InChI is InChI=1S/C25H17Cl2N3O2S/c1-29-22(24(31)30(25(29)33)19-9-3-2-4-10-19)13-16-11-20(26)23(21(27)12-16)32-15-18-8-6-5-7-17(18)14-28/h2-13H,15H2,1H3/b22-13+. The van der Waals surface area contributed by atoms with E-state index in [0.29, 0.717) is 43.4 Å². The first-order valence-electron chi connectivity index (χ1n) is 9.89. The maximum absolute atomic E-state index is 13.1. The van der Waals surface area contributed by atoms with Crippen molar-refractivity contribution in [3.8, 4) is 11.8 Å². The van der Waals surface area contributed by atoms with Crippen molar-refractivity contribution in [1.82, 2.24) is 4.90 Å². The van der Waals surface area contributed by atoms with Gasteiger partial charge in [-0.3, -0.25) is 9.69 Å². The lowest BCUT2D eigenvalue weighted by atomic mass is 10.1. The van der Waals surface area contributed by atoms with E-state index in [1.807, 2.05) is 42.5 Å². The van der Waals surface area contributed by atoms with Gasteiger partial charge in [-0.15, -0.1) is 0 Å². The monoisotopic (exact) mass is 493 g/mol. The smallest absolute Gasteiger partial charge is 0.281 e. The molecule has 33 heavy (non-hydrogen) atoms. The largest absolute Gasteiger partial charge is 0.486 e. The van der Waals surface area contributed by atoms with Crippen molar-refractivity contribution in [2.75, 3.05) is 11.9 Å². The molecule has 1 aliphatic heterocycles. The number of benzene rings is 3. The van der Waals surface area contributed by atoms with Crippen LogP contribution in [0.5, 0.6) is 5.75 Å². The Morgan fingerprint density at radius 2 is 1.70 bits per heavy atom. The summed E-state index contributed by atoms with van der Waals surface area (Å²) in [4.78, 5) is 16.2. The van der Waals surface area contributed by atoms with Gasteiger partial charge in [-0.2, -0.15) is 5.26 Å². The molecule has 1 heterocycles. The van der Waals surface area contributed by atoms with E-state index >= 15 is 0 Å². The third-order valence-electron chi connectivity index (χ3n) is 5.11. The Kier molecular flexibility index (Phi) is 6.66. The number of amides is 1. The SMILES string of the molecule is CN1C(=S)N(c2ccccc2)C(=O)/C1=C\c1cc(Cl)c(OCc2ccccc2C#N)c(Cl)c1. The van der Waals surface area contributed by atoms with Crippen LogP contribution in [0.3, 0.4) is 0 Å². The van der Waals surface area contributed by atoms with E-state index in [2.05, 4.69) is 6.07 Å². The van der Waals surface area contributed by atoms with Gasteiger partial charge in [0.25, 0.3) is 5.91 Å². The molecule has 0 N–H and O–H groups in total. The van der Waals surface area contributed by atoms with Gasteiger partial charge >= 0.3 is 0 Å². The summed E-state index contributed by atoms with van der Waals surface area (Å²) in [5.41, 5.74) is 2.97. The van der Waals surface area contributed by atoms with Crippen LogP contribution in [0.15, 0.2) is 72.4 Å². The summed E-state index contributed by atoms with van der Waals surface area (Å²) in [6.45, 7) is 0.144. The van der Waals surface area contributed by atoms with Gasteiger partial charge < -0.3 is 9.64 Å². The van der Waals surface area contributed by atoms with E-state index in [1.165, 1.54) is 4.90 Å².